The fourth-order valence-corrected chi connectivity index (χ4v) is 1.84. The number of aryl methyl sites for hydroxylation is 1. The smallest absolute Gasteiger partial charge is 0.362 e. The Morgan fingerprint density at radius 2 is 1.83 bits per heavy atom. The number of carboxylic acid groups (broad SMARTS) is 1. The first-order valence-electron chi connectivity index (χ1n) is 6.99. The van der Waals surface area contributed by atoms with E-state index in [0.29, 0.717) is 5.75 Å². The van der Waals surface area contributed by atoms with Crippen LogP contribution < -0.4 is 4.74 Å². The molecule has 0 aliphatic carbocycles. The number of aromatic nitrogens is 4. The van der Waals surface area contributed by atoms with Crippen molar-refractivity contribution in [1.82, 2.24) is 20.4 Å². The molecule has 1 aromatic carbocycles. The fraction of sp³-hybridized carbons (Fsp3) is 0.0588. The molecular formula is C17H12N4O3. The summed E-state index contributed by atoms with van der Waals surface area (Å²) in [6, 6.07) is 10.7. The van der Waals surface area contributed by atoms with E-state index in [0.717, 1.165) is 16.8 Å². The van der Waals surface area contributed by atoms with Gasteiger partial charge in [0.15, 0.2) is 0 Å². The number of hydrogen-bond donors (Lipinski definition) is 2. The van der Waals surface area contributed by atoms with Gasteiger partial charge in [0.1, 0.15) is 5.75 Å². The molecule has 0 aliphatic heterocycles. The maximum absolute atomic E-state index is 10.9. The van der Waals surface area contributed by atoms with Gasteiger partial charge in [-0.05, 0) is 43.3 Å². The van der Waals surface area contributed by atoms with Crippen LogP contribution in [0.2, 0.25) is 0 Å². The van der Waals surface area contributed by atoms with Gasteiger partial charge < -0.3 is 9.84 Å². The molecule has 0 amide bonds. The summed E-state index contributed by atoms with van der Waals surface area (Å²) in [6.07, 6.45) is 1.72. The number of hydrogen-bond acceptors (Lipinski definition) is 5. The number of nitrogens with zero attached hydrogens (tertiary/aromatic N) is 3. The van der Waals surface area contributed by atoms with Crippen molar-refractivity contribution in [1.29, 1.82) is 0 Å². The van der Waals surface area contributed by atoms with E-state index < -0.39 is 5.97 Å². The molecule has 0 saturated carbocycles. The Bertz CT molecular complexity index is 919. The zero-order valence-corrected chi connectivity index (χ0v) is 12.6. The van der Waals surface area contributed by atoms with E-state index in [1.807, 2.05) is 19.1 Å². The number of aromatic amines is 1. The lowest BCUT2D eigenvalue weighted by atomic mass is 10.2. The minimum Gasteiger partial charge on any atom is -0.476 e. The Morgan fingerprint density at radius 1 is 1.12 bits per heavy atom. The van der Waals surface area contributed by atoms with Gasteiger partial charge in [-0.3, -0.25) is 4.98 Å². The molecule has 0 aliphatic rings. The number of rotatable bonds is 3. The lowest BCUT2D eigenvalue weighted by Crippen LogP contribution is -1.99. The fourth-order valence-electron chi connectivity index (χ4n) is 1.84. The minimum atomic E-state index is -1.21. The van der Waals surface area contributed by atoms with Gasteiger partial charge in [-0.15, -0.1) is 5.10 Å². The largest absolute Gasteiger partial charge is 0.476 e. The molecule has 0 unspecified atom stereocenters. The second kappa shape index (κ2) is 6.62. The van der Waals surface area contributed by atoms with Gasteiger partial charge in [-0.1, -0.05) is 17.1 Å². The Balaban J connectivity index is 1.73. The van der Waals surface area contributed by atoms with Gasteiger partial charge >= 0.3 is 5.97 Å². The summed E-state index contributed by atoms with van der Waals surface area (Å²) in [4.78, 5) is 15.1. The van der Waals surface area contributed by atoms with Crippen LogP contribution in [-0.4, -0.2) is 31.5 Å². The molecule has 2 N–H and O–H groups in total. The normalized spacial score (nSPS) is 9.88. The molecule has 2 aromatic heterocycles. The Hall–Kier alpha value is -3.66. The molecule has 7 nitrogen and oxygen atoms in total. The first-order chi connectivity index (χ1) is 11.6. The van der Waals surface area contributed by atoms with E-state index in [1.54, 1.807) is 30.5 Å². The summed E-state index contributed by atoms with van der Waals surface area (Å²) < 4.78 is 5.42. The van der Waals surface area contributed by atoms with Gasteiger partial charge in [0, 0.05) is 23.0 Å². The number of nitrogens with one attached hydrogen (secondary N) is 1. The van der Waals surface area contributed by atoms with Crippen LogP contribution in [0.4, 0.5) is 0 Å². The third-order valence-electron chi connectivity index (χ3n) is 3.06. The molecule has 0 saturated heterocycles. The van der Waals surface area contributed by atoms with Crippen molar-refractivity contribution in [3.63, 3.8) is 0 Å². The molecule has 118 valence electrons. The van der Waals surface area contributed by atoms with Crippen LogP contribution in [0.1, 0.15) is 27.3 Å². The summed E-state index contributed by atoms with van der Waals surface area (Å²) in [5, 5.41) is 18.2. The zero-order valence-electron chi connectivity index (χ0n) is 12.6. The number of carbonyl (C=O) groups is 1. The third kappa shape index (κ3) is 3.56. The summed E-state index contributed by atoms with van der Waals surface area (Å²) in [7, 11) is 0. The van der Waals surface area contributed by atoms with E-state index in [-0.39, 0.29) is 11.6 Å². The number of H-pyrrole nitrogens is 1. The SMILES string of the molecule is Cc1ccc(C#Cc2ccc(Oc3[nH]nnc3C(=O)O)cc2)cn1. The summed E-state index contributed by atoms with van der Waals surface area (Å²) in [6.45, 7) is 1.92. The van der Waals surface area contributed by atoms with Gasteiger partial charge in [0.25, 0.3) is 5.88 Å². The van der Waals surface area contributed by atoms with Crippen LogP contribution in [0.25, 0.3) is 0 Å². The van der Waals surface area contributed by atoms with Crippen molar-refractivity contribution in [2.45, 2.75) is 6.92 Å². The average Bonchev–Trinajstić information content (AvgIpc) is 3.04. The molecule has 2 heterocycles. The van der Waals surface area contributed by atoms with Gasteiger partial charge in [0.2, 0.25) is 5.69 Å². The minimum absolute atomic E-state index is 0.0212. The predicted molar refractivity (Wildman–Crippen MR) is 84.8 cm³/mol. The zero-order chi connectivity index (χ0) is 16.9. The summed E-state index contributed by atoms with van der Waals surface area (Å²) in [5.74, 6) is 5.26. The van der Waals surface area contributed by atoms with E-state index in [1.165, 1.54) is 0 Å². The van der Waals surface area contributed by atoms with Crippen molar-refractivity contribution in [3.05, 3.63) is 65.1 Å². The Kier molecular flexibility index (Phi) is 4.21. The average molecular weight is 320 g/mol. The Morgan fingerprint density at radius 3 is 2.50 bits per heavy atom. The molecule has 0 bridgehead atoms. The van der Waals surface area contributed by atoms with Crippen LogP contribution in [0, 0.1) is 18.8 Å². The topological polar surface area (TPSA) is 101 Å². The highest BCUT2D eigenvalue weighted by atomic mass is 16.5. The van der Waals surface area contributed by atoms with Crippen molar-refractivity contribution in [3.8, 4) is 23.5 Å². The van der Waals surface area contributed by atoms with Gasteiger partial charge in [-0.2, -0.15) is 0 Å². The van der Waals surface area contributed by atoms with Crippen molar-refractivity contribution >= 4 is 5.97 Å². The molecule has 3 rings (SSSR count). The van der Waals surface area contributed by atoms with Crippen LogP contribution in [0.3, 0.4) is 0 Å². The third-order valence-corrected chi connectivity index (χ3v) is 3.06. The number of carboxylic acids is 1. The maximum Gasteiger partial charge on any atom is 0.362 e. The van der Waals surface area contributed by atoms with E-state index in [9.17, 15) is 4.79 Å². The van der Waals surface area contributed by atoms with Crippen LogP contribution in [-0.2, 0) is 0 Å². The number of pyridine rings is 1. The highest BCUT2D eigenvalue weighted by Crippen LogP contribution is 2.21. The summed E-state index contributed by atoms with van der Waals surface area (Å²) in [5.41, 5.74) is 2.29. The first kappa shape index (κ1) is 15.2. The van der Waals surface area contributed by atoms with Crippen molar-refractivity contribution < 1.29 is 14.6 Å². The number of benzene rings is 1. The first-order valence-corrected chi connectivity index (χ1v) is 6.99. The molecule has 24 heavy (non-hydrogen) atoms. The molecule has 3 aromatic rings. The molecule has 0 atom stereocenters. The van der Waals surface area contributed by atoms with E-state index >= 15 is 0 Å². The summed E-state index contributed by atoms with van der Waals surface area (Å²) >= 11 is 0. The Labute approximate surface area is 137 Å². The predicted octanol–water partition coefficient (Wildman–Crippen LogP) is 2.40. The second-order valence-electron chi connectivity index (χ2n) is 4.86. The molecule has 0 fully saturated rings. The second-order valence-corrected chi connectivity index (χ2v) is 4.86. The number of ether oxygens (including phenoxy) is 1. The highest BCUT2D eigenvalue weighted by molar-refractivity contribution is 5.87. The van der Waals surface area contributed by atoms with Crippen LogP contribution in [0.15, 0.2) is 42.6 Å². The van der Waals surface area contributed by atoms with Crippen LogP contribution in [0.5, 0.6) is 11.6 Å². The molecular weight excluding hydrogens is 308 g/mol. The van der Waals surface area contributed by atoms with E-state index in [4.69, 9.17) is 9.84 Å². The van der Waals surface area contributed by atoms with Crippen molar-refractivity contribution in [2.24, 2.45) is 0 Å². The highest BCUT2D eigenvalue weighted by Gasteiger charge is 2.16. The molecule has 7 heteroatoms. The van der Waals surface area contributed by atoms with Crippen LogP contribution >= 0.6 is 0 Å². The van der Waals surface area contributed by atoms with Gasteiger partial charge in [0.05, 0.1) is 0 Å². The quantitative estimate of drug-likeness (QED) is 0.719. The monoisotopic (exact) mass is 320 g/mol. The number of aromatic carboxylic acids is 1. The van der Waals surface area contributed by atoms with Gasteiger partial charge in [-0.25, -0.2) is 9.89 Å². The lowest BCUT2D eigenvalue weighted by Gasteiger charge is -2.02. The van der Waals surface area contributed by atoms with Crippen molar-refractivity contribution in [2.75, 3.05) is 0 Å². The molecule has 0 radical (unpaired) electrons. The van der Waals surface area contributed by atoms with E-state index in [2.05, 4.69) is 32.2 Å². The lowest BCUT2D eigenvalue weighted by molar-refractivity contribution is 0.0687. The standard InChI is InChI=1S/C17H12N4O3/c1-11-2-3-13(10-18-11)5-4-12-6-8-14(9-7-12)24-16-15(17(22)23)19-21-20-16/h2-3,6-10H,1H3,(H,22,23)(H,19,20,21). The maximum atomic E-state index is 10.9. The molecule has 0 spiro atoms.